The Bertz CT molecular complexity index is 1110. The molecule has 0 aliphatic heterocycles. The number of nitrogens with one attached hydrogen (secondary N) is 1. The van der Waals surface area contributed by atoms with Crippen LogP contribution < -0.4 is 5.32 Å². The molecule has 66 heavy (non-hydrogen) atoms. The highest BCUT2D eigenvalue weighted by Gasteiger charge is 2.18. The lowest BCUT2D eigenvalue weighted by Gasteiger charge is -2.20. The van der Waals surface area contributed by atoms with Crippen LogP contribution in [-0.2, 0) is 14.3 Å². The number of unbranched alkanes of at least 4 members (excludes halogenated alkanes) is 36. The lowest BCUT2D eigenvalue weighted by Crippen LogP contribution is -2.45. The van der Waals surface area contributed by atoms with Gasteiger partial charge in [0.25, 0.3) is 0 Å². The van der Waals surface area contributed by atoms with Crippen molar-refractivity contribution >= 4 is 11.9 Å². The van der Waals surface area contributed by atoms with E-state index in [1.165, 1.54) is 180 Å². The molecule has 0 fully saturated rings. The molecule has 0 aromatic carbocycles. The minimum atomic E-state index is -0.869. The zero-order valence-electron chi connectivity index (χ0n) is 43.9. The van der Waals surface area contributed by atoms with Crippen LogP contribution in [0.1, 0.15) is 296 Å². The number of allylic oxidation sites excluding steroid dienone is 7. The monoisotopic (exact) mass is 926 g/mol. The maximum atomic E-state index is 12.5. The molecule has 0 bridgehead atoms. The normalized spacial score (nSPS) is 13.0. The summed E-state index contributed by atoms with van der Waals surface area (Å²) in [6.45, 7) is 4.80. The van der Waals surface area contributed by atoms with Crippen molar-refractivity contribution in [2.75, 3.05) is 13.2 Å². The molecule has 6 heteroatoms. The summed E-state index contributed by atoms with van der Waals surface area (Å²) in [5.41, 5.74) is 0. The van der Waals surface area contributed by atoms with E-state index in [1.54, 1.807) is 6.08 Å². The number of aliphatic hydroxyl groups is 2. The zero-order valence-corrected chi connectivity index (χ0v) is 43.9. The van der Waals surface area contributed by atoms with Gasteiger partial charge < -0.3 is 20.3 Å². The predicted octanol–water partition coefficient (Wildman–Crippen LogP) is 17.8. The summed E-state index contributed by atoms with van der Waals surface area (Å²) >= 11 is 0. The van der Waals surface area contributed by atoms with Crippen LogP contribution in [0.2, 0.25) is 0 Å². The minimum absolute atomic E-state index is 0.0519. The van der Waals surface area contributed by atoms with E-state index in [1.807, 2.05) is 6.08 Å². The van der Waals surface area contributed by atoms with Crippen LogP contribution in [0.3, 0.4) is 0 Å². The van der Waals surface area contributed by atoms with Gasteiger partial charge in [0.1, 0.15) is 0 Å². The topological polar surface area (TPSA) is 95.9 Å². The highest BCUT2D eigenvalue weighted by Crippen LogP contribution is 2.16. The lowest BCUT2D eigenvalue weighted by atomic mass is 10.0. The average molecular weight is 927 g/mol. The van der Waals surface area contributed by atoms with Crippen LogP contribution in [0.5, 0.6) is 0 Å². The molecule has 3 N–H and O–H groups in total. The van der Waals surface area contributed by atoms with Crippen molar-refractivity contribution in [3.8, 4) is 0 Å². The molecule has 6 nitrogen and oxygen atoms in total. The quantitative estimate of drug-likeness (QED) is 0.0321. The third-order valence-corrected chi connectivity index (χ3v) is 13.1. The second-order valence-electron chi connectivity index (χ2n) is 19.6. The van der Waals surface area contributed by atoms with E-state index in [0.717, 1.165) is 89.9 Å². The van der Waals surface area contributed by atoms with Gasteiger partial charge in [-0.15, -0.1) is 0 Å². The number of carbonyl (C=O) groups excluding carboxylic acids is 2. The maximum absolute atomic E-state index is 12.5. The molecule has 1 amide bonds. The Labute approximate surface area is 410 Å². The van der Waals surface area contributed by atoms with Crippen molar-refractivity contribution in [2.24, 2.45) is 0 Å². The molecule has 0 saturated heterocycles. The fourth-order valence-electron chi connectivity index (χ4n) is 8.60. The van der Waals surface area contributed by atoms with Crippen LogP contribution in [-0.4, -0.2) is 47.4 Å². The van der Waals surface area contributed by atoms with E-state index in [-0.39, 0.29) is 18.5 Å². The van der Waals surface area contributed by atoms with Crippen molar-refractivity contribution in [3.63, 3.8) is 0 Å². The molecule has 0 aliphatic rings. The van der Waals surface area contributed by atoms with Crippen molar-refractivity contribution in [2.45, 2.75) is 309 Å². The van der Waals surface area contributed by atoms with Gasteiger partial charge in [0.05, 0.1) is 25.4 Å². The van der Waals surface area contributed by atoms with Crippen molar-refractivity contribution in [1.29, 1.82) is 0 Å². The fraction of sp³-hybridized carbons (Fsp3) is 0.833. The lowest BCUT2D eigenvalue weighted by molar-refractivity contribution is -0.143. The summed E-state index contributed by atoms with van der Waals surface area (Å²) in [6, 6.07) is -0.656. The molecule has 0 radical (unpaired) electrons. The van der Waals surface area contributed by atoms with Crippen molar-refractivity contribution < 1.29 is 24.5 Å². The smallest absolute Gasteiger partial charge is 0.305 e. The number of rotatable bonds is 53. The zero-order chi connectivity index (χ0) is 47.9. The first-order valence-electron chi connectivity index (χ1n) is 28.9. The summed E-state index contributed by atoms with van der Waals surface area (Å²) in [7, 11) is 0. The van der Waals surface area contributed by atoms with E-state index < -0.39 is 12.1 Å². The first kappa shape index (κ1) is 63.8. The van der Waals surface area contributed by atoms with Crippen molar-refractivity contribution in [1.82, 2.24) is 5.32 Å². The molecule has 0 spiro atoms. The number of amides is 1. The Morgan fingerprint density at radius 3 is 1.18 bits per heavy atom. The van der Waals surface area contributed by atoms with Gasteiger partial charge in [-0.05, 0) is 89.9 Å². The summed E-state index contributed by atoms with van der Waals surface area (Å²) < 4.78 is 5.43. The summed E-state index contributed by atoms with van der Waals surface area (Å²) in [6.07, 6.45) is 69.9. The number of carbonyl (C=O) groups is 2. The number of aliphatic hydroxyl groups excluding tert-OH is 2. The first-order chi connectivity index (χ1) is 32.5. The first-order valence-corrected chi connectivity index (χ1v) is 28.9. The van der Waals surface area contributed by atoms with E-state index in [2.05, 4.69) is 55.6 Å². The summed E-state index contributed by atoms with van der Waals surface area (Å²) in [5, 5.41) is 23.1. The summed E-state index contributed by atoms with van der Waals surface area (Å²) in [5.74, 6) is -0.155. The molecule has 0 aromatic rings. The van der Waals surface area contributed by atoms with Crippen LogP contribution in [0.4, 0.5) is 0 Å². The van der Waals surface area contributed by atoms with E-state index in [0.29, 0.717) is 19.4 Å². The standard InChI is InChI=1S/C60H111NO5/c1-3-5-7-9-11-13-15-17-19-21-22-23-24-25-26-27-28-30-32-36-40-44-48-52-58(63)57(56-62)61-59(64)53-49-45-41-37-34-35-39-43-47-51-55-66-60(65)54-50-46-42-38-33-31-29-20-18-16-14-12-10-8-6-4-2/h14,16,20,29,35,39,48,52,57-58,62-63H,3-13,15,17-19,21-28,30-34,36-38,40-47,49-51,53-56H2,1-2H3,(H,61,64)/b16-14-,29-20-,39-35-,52-48+. The third kappa shape index (κ3) is 51.2. The minimum Gasteiger partial charge on any atom is -0.466 e. The molecule has 0 aliphatic carbocycles. The number of esters is 1. The number of hydrogen-bond acceptors (Lipinski definition) is 5. The maximum Gasteiger partial charge on any atom is 0.305 e. The molecule has 0 saturated carbocycles. The molecule has 0 rings (SSSR count). The van der Waals surface area contributed by atoms with E-state index >= 15 is 0 Å². The molecule has 2 unspecified atom stereocenters. The van der Waals surface area contributed by atoms with Crippen LogP contribution in [0.25, 0.3) is 0 Å². The molecule has 386 valence electrons. The van der Waals surface area contributed by atoms with Gasteiger partial charge in [0.15, 0.2) is 0 Å². The second-order valence-corrected chi connectivity index (χ2v) is 19.6. The van der Waals surface area contributed by atoms with Gasteiger partial charge in [-0.2, -0.15) is 0 Å². The predicted molar refractivity (Wildman–Crippen MR) is 287 cm³/mol. The molecule has 0 aromatic heterocycles. The van der Waals surface area contributed by atoms with Crippen LogP contribution >= 0.6 is 0 Å². The Balaban J connectivity index is 3.56. The molecular formula is C60H111NO5. The van der Waals surface area contributed by atoms with Crippen LogP contribution in [0.15, 0.2) is 48.6 Å². The SMILES string of the molecule is CCCCCC/C=C\C/C=C\CCCCCCCC(=O)OCCCC/C=C\CCCCCCC(=O)NC(CO)C(O)/C=C/CCCCCCCCCCCCCCCCCCCCCCC. The molecule has 0 heterocycles. The van der Waals surface area contributed by atoms with Gasteiger partial charge in [-0.3, -0.25) is 9.59 Å². The molecule has 2 atom stereocenters. The van der Waals surface area contributed by atoms with Gasteiger partial charge in [-0.1, -0.05) is 242 Å². The molecular weight excluding hydrogens is 815 g/mol. The Hall–Kier alpha value is -2.18. The van der Waals surface area contributed by atoms with Crippen molar-refractivity contribution in [3.05, 3.63) is 48.6 Å². The third-order valence-electron chi connectivity index (χ3n) is 13.1. The number of ether oxygens (including phenoxy) is 1. The van der Waals surface area contributed by atoms with Gasteiger partial charge in [-0.25, -0.2) is 0 Å². The highest BCUT2D eigenvalue weighted by atomic mass is 16.5. The van der Waals surface area contributed by atoms with E-state index in [4.69, 9.17) is 4.74 Å². The van der Waals surface area contributed by atoms with Gasteiger partial charge in [0, 0.05) is 12.8 Å². The van der Waals surface area contributed by atoms with Crippen LogP contribution in [0, 0.1) is 0 Å². The number of hydrogen-bond donors (Lipinski definition) is 3. The Morgan fingerprint density at radius 2 is 0.758 bits per heavy atom. The second kappa shape index (κ2) is 55.4. The Morgan fingerprint density at radius 1 is 0.424 bits per heavy atom. The summed E-state index contributed by atoms with van der Waals surface area (Å²) in [4.78, 5) is 24.5. The average Bonchev–Trinajstić information content (AvgIpc) is 3.32. The Kier molecular flexibility index (Phi) is 53.6. The largest absolute Gasteiger partial charge is 0.466 e. The fourth-order valence-corrected chi connectivity index (χ4v) is 8.60. The van der Waals surface area contributed by atoms with Gasteiger partial charge in [0.2, 0.25) is 5.91 Å². The van der Waals surface area contributed by atoms with Gasteiger partial charge >= 0.3 is 5.97 Å². The van der Waals surface area contributed by atoms with E-state index in [9.17, 15) is 19.8 Å². The highest BCUT2D eigenvalue weighted by molar-refractivity contribution is 5.76.